The van der Waals surface area contributed by atoms with Crippen molar-refractivity contribution in [2.24, 2.45) is 11.6 Å². The third-order valence-corrected chi connectivity index (χ3v) is 1.78. The van der Waals surface area contributed by atoms with Gasteiger partial charge in [-0.05, 0) is 12.1 Å². The minimum atomic E-state index is -1.15. The van der Waals surface area contributed by atoms with Gasteiger partial charge in [-0.25, -0.2) is 9.80 Å². The standard InChI is InChI=1S/C7H9N3O.C4H8N2O4/c8-7(11)10-9-6-4-2-1-3-5-6;5-6(1-3(7)8)2-4(9)10/h1-5,9H,(H3,8,10,11);1-2,5H2,(H,7,8)(H,9,10). The molecule has 10 nitrogen and oxygen atoms in total. The molecule has 10 heteroatoms. The first-order chi connectivity index (χ1) is 9.81. The van der Waals surface area contributed by atoms with Gasteiger partial charge in [0.25, 0.3) is 0 Å². The van der Waals surface area contributed by atoms with Crippen molar-refractivity contribution in [3.63, 3.8) is 0 Å². The predicted molar refractivity (Wildman–Crippen MR) is 73.8 cm³/mol. The molecule has 116 valence electrons. The summed E-state index contributed by atoms with van der Waals surface area (Å²) in [5.41, 5.74) is 10.5. The van der Waals surface area contributed by atoms with E-state index >= 15 is 0 Å². The fraction of sp³-hybridized carbons (Fsp3) is 0.182. The second kappa shape index (κ2) is 10.00. The molecule has 0 heterocycles. The third kappa shape index (κ3) is 11.9. The van der Waals surface area contributed by atoms with Crippen molar-refractivity contribution in [2.75, 3.05) is 18.5 Å². The van der Waals surface area contributed by atoms with Gasteiger partial charge in [-0.15, -0.1) is 0 Å². The van der Waals surface area contributed by atoms with Crippen LogP contribution in [0.25, 0.3) is 0 Å². The number of anilines is 1. The fourth-order valence-electron chi connectivity index (χ4n) is 1.06. The number of para-hydroxylation sites is 1. The highest BCUT2D eigenvalue weighted by atomic mass is 16.4. The number of urea groups is 1. The number of hydrogen-bond donors (Lipinski definition) is 6. The van der Waals surface area contributed by atoms with E-state index in [1.807, 2.05) is 30.3 Å². The summed E-state index contributed by atoms with van der Waals surface area (Å²) in [7, 11) is 0. The monoisotopic (exact) mass is 299 g/mol. The molecule has 0 atom stereocenters. The number of carbonyl (C=O) groups is 3. The Morgan fingerprint density at radius 2 is 1.52 bits per heavy atom. The summed E-state index contributed by atoms with van der Waals surface area (Å²) < 4.78 is 0. The minimum absolute atomic E-state index is 0.466. The third-order valence-electron chi connectivity index (χ3n) is 1.78. The molecule has 1 rings (SSSR count). The predicted octanol–water partition coefficient (Wildman–Crippen LogP) is -0.987. The van der Waals surface area contributed by atoms with Gasteiger partial charge in [0.1, 0.15) is 13.1 Å². The number of carboxylic acids is 2. The van der Waals surface area contributed by atoms with Gasteiger partial charge < -0.3 is 15.9 Å². The Kier molecular flexibility index (Phi) is 8.64. The Morgan fingerprint density at radius 3 is 1.90 bits per heavy atom. The Labute approximate surface area is 120 Å². The van der Waals surface area contributed by atoms with E-state index in [1.54, 1.807) is 0 Å². The number of nitrogens with zero attached hydrogens (tertiary/aromatic N) is 1. The van der Waals surface area contributed by atoms with E-state index in [0.717, 1.165) is 5.69 Å². The van der Waals surface area contributed by atoms with Crippen LogP contribution in [-0.4, -0.2) is 46.3 Å². The lowest BCUT2D eigenvalue weighted by atomic mass is 10.3. The highest BCUT2D eigenvalue weighted by Gasteiger charge is 2.07. The molecule has 0 unspecified atom stereocenters. The molecule has 0 aliphatic rings. The van der Waals surface area contributed by atoms with Crippen molar-refractivity contribution < 1.29 is 24.6 Å². The van der Waals surface area contributed by atoms with Crippen molar-refractivity contribution in [2.45, 2.75) is 0 Å². The van der Waals surface area contributed by atoms with Gasteiger partial charge in [-0.2, -0.15) is 0 Å². The summed E-state index contributed by atoms with van der Waals surface area (Å²) in [5, 5.41) is 16.9. The molecule has 0 saturated carbocycles. The van der Waals surface area contributed by atoms with Gasteiger partial charge >= 0.3 is 18.0 Å². The van der Waals surface area contributed by atoms with E-state index in [0.29, 0.717) is 5.01 Å². The summed E-state index contributed by atoms with van der Waals surface area (Å²) in [4.78, 5) is 30.0. The number of nitrogens with one attached hydrogen (secondary N) is 2. The van der Waals surface area contributed by atoms with Crippen LogP contribution in [0.5, 0.6) is 0 Å². The lowest BCUT2D eigenvalue weighted by Gasteiger charge is -2.08. The van der Waals surface area contributed by atoms with Crippen LogP contribution in [0.3, 0.4) is 0 Å². The molecule has 0 aromatic heterocycles. The number of nitrogens with two attached hydrogens (primary N) is 2. The summed E-state index contributed by atoms with van der Waals surface area (Å²) in [6.07, 6.45) is 0. The van der Waals surface area contributed by atoms with Gasteiger partial charge in [0.15, 0.2) is 0 Å². The zero-order valence-electron chi connectivity index (χ0n) is 11.0. The number of amides is 2. The first-order valence-electron chi connectivity index (χ1n) is 5.61. The Hall–Kier alpha value is -2.85. The quantitative estimate of drug-likeness (QED) is 0.287. The summed E-state index contributed by atoms with van der Waals surface area (Å²) in [6.45, 7) is -0.932. The topological polar surface area (TPSA) is 171 Å². The highest BCUT2D eigenvalue weighted by Crippen LogP contribution is 2.01. The number of aliphatic carboxylic acids is 2. The number of benzene rings is 1. The average molecular weight is 299 g/mol. The maximum atomic E-state index is 10.2. The van der Waals surface area contributed by atoms with E-state index in [2.05, 4.69) is 10.9 Å². The molecule has 21 heavy (non-hydrogen) atoms. The smallest absolute Gasteiger partial charge is 0.330 e. The van der Waals surface area contributed by atoms with Gasteiger partial charge in [0.05, 0.1) is 5.69 Å². The maximum Gasteiger partial charge on any atom is 0.330 e. The lowest BCUT2D eigenvalue weighted by molar-refractivity contribution is -0.141. The molecule has 0 fully saturated rings. The Balaban J connectivity index is 0.000000384. The summed E-state index contributed by atoms with van der Waals surface area (Å²) >= 11 is 0. The van der Waals surface area contributed by atoms with Crippen molar-refractivity contribution in [1.82, 2.24) is 10.4 Å². The van der Waals surface area contributed by atoms with Crippen LogP contribution < -0.4 is 22.4 Å². The largest absolute Gasteiger partial charge is 0.480 e. The molecule has 1 aromatic rings. The SMILES string of the molecule is NC(=O)NNc1ccccc1.NN(CC(=O)O)CC(=O)O. The van der Waals surface area contributed by atoms with E-state index < -0.39 is 31.1 Å². The van der Waals surface area contributed by atoms with Crippen LogP contribution in [0, 0.1) is 0 Å². The van der Waals surface area contributed by atoms with Crippen LogP contribution in [0.1, 0.15) is 0 Å². The molecular formula is C11H17N5O5. The number of hydrazine groups is 2. The zero-order valence-corrected chi connectivity index (χ0v) is 11.0. The first-order valence-corrected chi connectivity index (χ1v) is 5.61. The second-order valence-electron chi connectivity index (χ2n) is 3.67. The zero-order chi connectivity index (χ0) is 16.3. The molecule has 0 radical (unpaired) electrons. The van der Waals surface area contributed by atoms with Gasteiger partial charge in [-0.1, -0.05) is 18.2 Å². The molecule has 2 amide bonds. The van der Waals surface area contributed by atoms with E-state index in [4.69, 9.17) is 21.8 Å². The molecule has 0 aliphatic carbocycles. The Morgan fingerprint density at radius 1 is 1.05 bits per heavy atom. The molecule has 1 aromatic carbocycles. The van der Waals surface area contributed by atoms with E-state index in [-0.39, 0.29) is 0 Å². The van der Waals surface area contributed by atoms with Gasteiger partial charge in [0, 0.05) is 0 Å². The number of hydrogen-bond acceptors (Lipinski definition) is 6. The molecular weight excluding hydrogens is 282 g/mol. The molecule has 8 N–H and O–H groups in total. The van der Waals surface area contributed by atoms with E-state index in [9.17, 15) is 14.4 Å². The van der Waals surface area contributed by atoms with E-state index in [1.165, 1.54) is 0 Å². The number of rotatable bonds is 6. The molecule has 0 aliphatic heterocycles. The van der Waals surface area contributed by atoms with Crippen LogP contribution in [0.2, 0.25) is 0 Å². The van der Waals surface area contributed by atoms with Crippen LogP contribution >= 0.6 is 0 Å². The van der Waals surface area contributed by atoms with Crippen molar-refractivity contribution in [3.8, 4) is 0 Å². The molecule has 0 spiro atoms. The average Bonchev–Trinajstić information content (AvgIpc) is 2.36. The van der Waals surface area contributed by atoms with Crippen molar-refractivity contribution in [3.05, 3.63) is 30.3 Å². The Bertz CT molecular complexity index is 451. The highest BCUT2D eigenvalue weighted by molar-refractivity contribution is 5.73. The number of primary amides is 1. The van der Waals surface area contributed by atoms with Crippen LogP contribution in [0.15, 0.2) is 30.3 Å². The molecule has 0 saturated heterocycles. The number of carbonyl (C=O) groups excluding carboxylic acids is 1. The summed E-state index contributed by atoms with van der Waals surface area (Å²) in [5.74, 6) is 2.65. The lowest BCUT2D eigenvalue weighted by Crippen LogP contribution is -2.39. The molecule has 0 bridgehead atoms. The number of carboxylic acid groups (broad SMARTS) is 2. The normalized spacial score (nSPS) is 9.24. The first kappa shape index (κ1) is 18.1. The van der Waals surface area contributed by atoms with Crippen LogP contribution in [-0.2, 0) is 9.59 Å². The van der Waals surface area contributed by atoms with Gasteiger partial charge in [0.2, 0.25) is 0 Å². The van der Waals surface area contributed by atoms with Crippen LogP contribution in [0.4, 0.5) is 10.5 Å². The fourth-order valence-corrected chi connectivity index (χ4v) is 1.06. The van der Waals surface area contributed by atoms with Crippen molar-refractivity contribution >= 4 is 23.7 Å². The maximum absolute atomic E-state index is 10.2. The minimum Gasteiger partial charge on any atom is -0.480 e. The second-order valence-corrected chi connectivity index (χ2v) is 3.67. The van der Waals surface area contributed by atoms with Crippen molar-refractivity contribution in [1.29, 1.82) is 0 Å². The van der Waals surface area contributed by atoms with Gasteiger partial charge in [-0.3, -0.25) is 26.3 Å². The summed E-state index contributed by atoms with van der Waals surface area (Å²) in [6, 6.07) is 8.62.